The first-order valence-electron chi connectivity index (χ1n) is 10.9. The van der Waals surface area contributed by atoms with E-state index in [0.29, 0.717) is 39.6 Å². The van der Waals surface area contributed by atoms with Gasteiger partial charge >= 0.3 is 12.1 Å². The molecule has 0 aromatic carbocycles. The van der Waals surface area contributed by atoms with E-state index in [9.17, 15) is 4.79 Å². The van der Waals surface area contributed by atoms with Gasteiger partial charge in [-0.15, -0.1) is 0 Å². The number of aromatic nitrogens is 1. The Hall–Kier alpha value is -1.74. The molecule has 0 saturated heterocycles. The van der Waals surface area contributed by atoms with Crippen LogP contribution in [0.4, 0.5) is 0 Å². The van der Waals surface area contributed by atoms with Gasteiger partial charge in [0, 0.05) is 33.7 Å². The van der Waals surface area contributed by atoms with Crippen LogP contribution in [0.3, 0.4) is 0 Å². The molecule has 0 N–H and O–H groups in total. The van der Waals surface area contributed by atoms with Crippen molar-refractivity contribution in [2.75, 3.05) is 101 Å². The molecule has 1 heterocycles. The highest BCUT2D eigenvalue weighted by Gasteiger charge is 2.40. The molecule has 0 aliphatic rings. The Bertz CT molecular complexity index is 565. The number of carbonyl (C=O) groups is 1. The van der Waals surface area contributed by atoms with Crippen molar-refractivity contribution in [1.82, 2.24) is 4.98 Å². The second-order valence-corrected chi connectivity index (χ2v) is 6.49. The van der Waals surface area contributed by atoms with Crippen LogP contribution < -0.4 is 0 Å². The standard InChI is InChI=1S/C22H37NO11/c1-25-8-11-28-14-17-31-22(32-18-15-29-12-9-26-2,33-19-16-30-13-10-27-3)34-21(24)20-4-6-23-7-5-20/h4-7H,8-19H2,1-3H3. The number of nitrogens with zero attached hydrogens (tertiary/aromatic N) is 1. The van der Waals surface area contributed by atoms with Crippen LogP contribution in [0, 0.1) is 0 Å². The van der Waals surface area contributed by atoms with Gasteiger partial charge in [0.15, 0.2) is 0 Å². The van der Waals surface area contributed by atoms with E-state index in [1.54, 1.807) is 21.3 Å². The first-order chi connectivity index (χ1) is 16.7. The summed E-state index contributed by atoms with van der Waals surface area (Å²) in [7, 11) is 4.73. The van der Waals surface area contributed by atoms with E-state index >= 15 is 0 Å². The van der Waals surface area contributed by atoms with Crippen molar-refractivity contribution in [3.05, 3.63) is 30.1 Å². The number of rotatable bonds is 23. The molecule has 0 spiro atoms. The quantitative estimate of drug-likeness (QED) is 0.123. The third-order valence-electron chi connectivity index (χ3n) is 3.95. The molecule has 1 aromatic rings. The average Bonchev–Trinajstić information content (AvgIpc) is 2.86. The van der Waals surface area contributed by atoms with Crippen LogP contribution in [0.15, 0.2) is 24.5 Å². The van der Waals surface area contributed by atoms with Crippen molar-refractivity contribution in [3.8, 4) is 0 Å². The van der Waals surface area contributed by atoms with Crippen molar-refractivity contribution >= 4 is 5.97 Å². The molecular weight excluding hydrogens is 454 g/mol. The summed E-state index contributed by atoms with van der Waals surface area (Å²) in [5.74, 6) is -0.719. The smallest absolute Gasteiger partial charge is 0.382 e. The first-order valence-corrected chi connectivity index (χ1v) is 10.9. The van der Waals surface area contributed by atoms with Crippen LogP contribution in [-0.4, -0.2) is 118 Å². The Balaban J connectivity index is 2.80. The summed E-state index contributed by atoms with van der Waals surface area (Å²) >= 11 is 0. The van der Waals surface area contributed by atoms with Crippen LogP contribution in [-0.2, 0) is 47.4 Å². The summed E-state index contributed by atoms with van der Waals surface area (Å²) in [4.78, 5) is 16.6. The topological polar surface area (TPSA) is 122 Å². The lowest BCUT2D eigenvalue weighted by atomic mass is 10.3. The molecule has 12 nitrogen and oxygen atoms in total. The Kier molecular flexibility index (Phi) is 18.4. The number of hydrogen-bond acceptors (Lipinski definition) is 12. The maximum atomic E-state index is 12.7. The molecule has 1 rings (SSSR count). The van der Waals surface area contributed by atoms with Crippen molar-refractivity contribution < 1.29 is 52.2 Å². The summed E-state index contributed by atoms with van der Waals surface area (Å²) in [5.41, 5.74) is 0.249. The molecule has 0 bridgehead atoms. The third kappa shape index (κ3) is 14.5. The fraction of sp³-hybridized carbons (Fsp3) is 0.727. The molecule has 196 valence electrons. The third-order valence-corrected chi connectivity index (χ3v) is 3.95. The van der Waals surface area contributed by atoms with Crippen LogP contribution >= 0.6 is 0 Å². The Morgan fingerprint density at radius 3 is 1.41 bits per heavy atom. The summed E-state index contributed by atoms with van der Waals surface area (Å²) in [6.07, 6.45) is 0.801. The largest absolute Gasteiger partial charge is 0.463 e. The van der Waals surface area contributed by atoms with E-state index in [0.717, 1.165) is 0 Å². The average molecular weight is 492 g/mol. The van der Waals surface area contributed by atoms with Crippen molar-refractivity contribution in [3.63, 3.8) is 0 Å². The van der Waals surface area contributed by atoms with Gasteiger partial charge in [0.1, 0.15) is 0 Å². The molecule has 0 fully saturated rings. The molecule has 1 aromatic heterocycles. The lowest BCUT2D eigenvalue weighted by Gasteiger charge is -2.31. The minimum Gasteiger partial charge on any atom is -0.382 e. The first kappa shape index (κ1) is 30.3. The normalized spacial score (nSPS) is 11.6. The van der Waals surface area contributed by atoms with E-state index in [4.69, 9.17) is 47.4 Å². The van der Waals surface area contributed by atoms with Gasteiger partial charge < -0.3 is 33.2 Å². The zero-order valence-electron chi connectivity index (χ0n) is 20.2. The number of ether oxygens (including phenoxy) is 10. The lowest BCUT2D eigenvalue weighted by molar-refractivity contribution is -0.482. The summed E-state index contributed by atoms with van der Waals surface area (Å²) < 4.78 is 53.8. The number of carbonyl (C=O) groups excluding carboxylic acids is 1. The fourth-order valence-corrected chi connectivity index (χ4v) is 2.28. The predicted molar refractivity (Wildman–Crippen MR) is 118 cm³/mol. The molecule has 0 atom stereocenters. The fourth-order valence-electron chi connectivity index (χ4n) is 2.28. The molecule has 12 heteroatoms. The zero-order chi connectivity index (χ0) is 24.7. The van der Waals surface area contributed by atoms with Crippen LogP contribution in [0.1, 0.15) is 10.4 Å². The number of pyridine rings is 1. The molecule has 0 aliphatic heterocycles. The minimum absolute atomic E-state index is 0.0163. The lowest BCUT2D eigenvalue weighted by Crippen LogP contribution is -2.46. The van der Waals surface area contributed by atoms with Crippen molar-refractivity contribution in [2.45, 2.75) is 6.16 Å². The van der Waals surface area contributed by atoms with Gasteiger partial charge in [-0.05, 0) is 12.1 Å². The second kappa shape index (κ2) is 20.6. The predicted octanol–water partition coefficient (Wildman–Crippen LogP) is 0.889. The molecule has 0 radical (unpaired) electrons. The maximum absolute atomic E-state index is 12.7. The van der Waals surface area contributed by atoms with Crippen LogP contribution in [0.2, 0.25) is 0 Å². The van der Waals surface area contributed by atoms with E-state index in [-0.39, 0.29) is 45.2 Å². The van der Waals surface area contributed by atoms with Gasteiger partial charge in [0.2, 0.25) is 0 Å². The maximum Gasteiger partial charge on any atom is 0.463 e. The molecule has 34 heavy (non-hydrogen) atoms. The second-order valence-electron chi connectivity index (χ2n) is 6.49. The molecular formula is C22H37NO11. The molecule has 0 amide bonds. The highest BCUT2D eigenvalue weighted by molar-refractivity contribution is 5.89. The van der Waals surface area contributed by atoms with Gasteiger partial charge in [-0.3, -0.25) is 19.2 Å². The van der Waals surface area contributed by atoms with Gasteiger partial charge in [-0.2, -0.15) is 0 Å². The molecule has 0 unspecified atom stereocenters. The van der Waals surface area contributed by atoms with Gasteiger partial charge in [0.25, 0.3) is 0 Å². The van der Waals surface area contributed by atoms with E-state index < -0.39 is 12.1 Å². The zero-order valence-corrected chi connectivity index (χ0v) is 20.2. The number of methoxy groups -OCH3 is 3. The SMILES string of the molecule is COCCOCCOC(OCCOCCOC)(OCCOCCOC)OC(=O)c1ccncc1. The van der Waals surface area contributed by atoms with E-state index in [1.165, 1.54) is 24.5 Å². The Labute approximate surface area is 200 Å². The number of hydrogen-bond donors (Lipinski definition) is 0. The highest BCUT2D eigenvalue weighted by Crippen LogP contribution is 2.20. The molecule has 0 aliphatic carbocycles. The van der Waals surface area contributed by atoms with Crippen molar-refractivity contribution in [2.24, 2.45) is 0 Å². The minimum atomic E-state index is -2.14. The number of esters is 1. The van der Waals surface area contributed by atoms with E-state index in [1.807, 2.05) is 0 Å². The monoisotopic (exact) mass is 491 g/mol. The van der Waals surface area contributed by atoms with Gasteiger partial charge in [-0.1, -0.05) is 0 Å². The van der Waals surface area contributed by atoms with E-state index in [2.05, 4.69) is 4.98 Å². The Morgan fingerprint density at radius 1 is 0.647 bits per heavy atom. The summed E-state index contributed by atoms with van der Waals surface area (Å²) in [6.45, 7) is 3.09. The van der Waals surface area contributed by atoms with Crippen molar-refractivity contribution in [1.29, 1.82) is 0 Å². The summed E-state index contributed by atoms with van der Waals surface area (Å²) in [5, 5.41) is 0. The molecule has 0 saturated carbocycles. The van der Waals surface area contributed by atoms with Crippen LogP contribution in [0.5, 0.6) is 0 Å². The van der Waals surface area contributed by atoms with Crippen LogP contribution in [0.25, 0.3) is 0 Å². The highest BCUT2D eigenvalue weighted by atomic mass is 17.0. The van der Waals surface area contributed by atoms with Gasteiger partial charge in [0.05, 0.1) is 84.8 Å². The van der Waals surface area contributed by atoms with Gasteiger partial charge in [-0.25, -0.2) is 4.79 Å². The summed E-state index contributed by atoms with van der Waals surface area (Å²) in [6, 6.07) is 3.01. The Morgan fingerprint density at radius 2 is 1.03 bits per heavy atom.